The predicted octanol–water partition coefficient (Wildman–Crippen LogP) is 3.81. The van der Waals surface area contributed by atoms with E-state index in [0.29, 0.717) is 22.8 Å². The second-order valence-corrected chi connectivity index (χ2v) is 8.43. The summed E-state index contributed by atoms with van der Waals surface area (Å²) >= 11 is 0. The van der Waals surface area contributed by atoms with Crippen molar-refractivity contribution in [3.05, 3.63) is 46.9 Å². The van der Waals surface area contributed by atoms with Crippen LogP contribution in [0.25, 0.3) is 6.08 Å². The van der Waals surface area contributed by atoms with Gasteiger partial charge in [0.15, 0.2) is 9.84 Å². The van der Waals surface area contributed by atoms with Crippen molar-refractivity contribution in [2.75, 3.05) is 33.8 Å². The molecule has 0 bridgehead atoms. The first-order valence-electron chi connectivity index (χ1n) is 9.20. The number of hydrogen-bond acceptors (Lipinski definition) is 7. The summed E-state index contributed by atoms with van der Waals surface area (Å²) in [5, 5.41) is 2.61. The van der Waals surface area contributed by atoms with E-state index < -0.39 is 27.7 Å². The number of sulfone groups is 1. The third-order valence-electron chi connectivity index (χ3n) is 4.33. The van der Waals surface area contributed by atoms with Crippen LogP contribution in [0.4, 0.5) is 18.9 Å². The number of benzene rings is 2. The van der Waals surface area contributed by atoms with Crippen LogP contribution in [0.3, 0.4) is 0 Å². The van der Waals surface area contributed by atoms with Crippen LogP contribution in [0, 0.1) is 0 Å². The molecule has 0 spiro atoms. The SMILES string of the molecule is COc1cc(OC)c(/C=C\S(=O)(=O)Cc2ccc(OC)c(NC(=O)C(F)(F)F)c2)c(OC)c1. The van der Waals surface area contributed by atoms with E-state index in [2.05, 4.69) is 0 Å². The van der Waals surface area contributed by atoms with Crippen LogP contribution in [-0.4, -0.2) is 48.9 Å². The fourth-order valence-corrected chi connectivity index (χ4v) is 3.87. The lowest BCUT2D eigenvalue weighted by molar-refractivity contribution is -0.167. The summed E-state index contributed by atoms with van der Waals surface area (Å²) in [6.07, 6.45) is -3.84. The summed E-state index contributed by atoms with van der Waals surface area (Å²) in [5.41, 5.74) is 0.166. The fourth-order valence-electron chi connectivity index (χ4n) is 2.78. The maximum Gasteiger partial charge on any atom is 0.471 e. The highest BCUT2D eigenvalue weighted by molar-refractivity contribution is 7.93. The molecule has 0 saturated heterocycles. The number of ether oxygens (including phenoxy) is 4. The molecule has 0 aromatic heterocycles. The number of carbonyl (C=O) groups excluding carboxylic acids is 1. The van der Waals surface area contributed by atoms with Gasteiger partial charge in [0.1, 0.15) is 23.0 Å². The normalized spacial score (nSPS) is 11.8. The van der Waals surface area contributed by atoms with Gasteiger partial charge in [-0.05, 0) is 23.8 Å². The minimum absolute atomic E-state index is 0.0583. The number of hydrogen-bond donors (Lipinski definition) is 1. The lowest BCUT2D eigenvalue weighted by Crippen LogP contribution is -2.30. The number of alkyl halides is 3. The topological polar surface area (TPSA) is 100 Å². The number of anilines is 1. The monoisotopic (exact) mass is 489 g/mol. The van der Waals surface area contributed by atoms with Gasteiger partial charge in [0, 0.05) is 17.5 Å². The van der Waals surface area contributed by atoms with Crippen molar-refractivity contribution < 1.29 is 45.3 Å². The van der Waals surface area contributed by atoms with Crippen molar-refractivity contribution in [1.29, 1.82) is 0 Å². The average Bonchev–Trinajstić information content (AvgIpc) is 2.76. The molecule has 2 rings (SSSR count). The van der Waals surface area contributed by atoms with Gasteiger partial charge in [-0.1, -0.05) is 6.07 Å². The lowest BCUT2D eigenvalue weighted by Gasteiger charge is -2.13. The van der Waals surface area contributed by atoms with E-state index in [1.165, 1.54) is 46.6 Å². The highest BCUT2D eigenvalue weighted by Gasteiger charge is 2.39. The predicted molar refractivity (Wildman–Crippen MR) is 115 cm³/mol. The van der Waals surface area contributed by atoms with Crippen molar-refractivity contribution in [1.82, 2.24) is 0 Å². The van der Waals surface area contributed by atoms with Gasteiger partial charge in [-0.3, -0.25) is 4.79 Å². The molecule has 8 nitrogen and oxygen atoms in total. The molecule has 0 unspecified atom stereocenters. The zero-order valence-corrected chi connectivity index (χ0v) is 19.0. The van der Waals surface area contributed by atoms with E-state index in [4.69, 9.17) is 18.9 Å². The molecule has 0 aliphatic heterocycles. The largest absolute Gasteiger partial charge is 0.496 e. The molecule has 2 aromatic rings. The molecular weight excluding hydrogens is 467 g/mol. The van der Waals surface area contributed by atoms with Crippen LogP contribution < -0.4 is 24.3 Å². The highest BCUT2D eigenvalue weighted by Crippen LogP contribution is 2.35. The Labute approximate surface area is 188 Å². The van der Waals surface area contributed by atoms with Gasteiger partial charge in [-0.2, -0.15) is 13.2 Å². The molecule has 0 saturated carbocycles. The van der Waals surface area contributed by atoms with Crippen molar-refractivity contribution >= 4 is 27.5 Å². The van der Waals surface area contributed by atoms with Crippen molar-refractivity contribution in [2.24, 2.45) is 0 Å². The maximum absolute atomic E-state index is 12.7. The van der Waals surface area contributed by atoms with Crippen molar-refractivity contribution in [3.8, 4) is 23.0 Å². The van der Waals surface area contributed by atoms with E-state index in [0.717, 1.165) is 11.5 Å². The molecule has 0 heterocycles. The van der Waals surface area contributed by atoms with Gasteiger partial charge in [-0.15, -0.1) is 0 Å². The van der Waals surface area contributed by atoms with Gasteiger partial charge in [0.2, 0.25) is 0 Å². The van der Waals surface area contributed by atoms with Crippen molar-refractivity contribution in [2.45, 2.75) is 11.9 Å². The molecular formula is C21H22F3NO7S. The molecule has 0 atom stereocenters. The van der Waals surface area contributed by atoms with Crippen LogP contribution in [0.15, 0.2) is 35.7 Å². The van der Waals surface area contributed by atoms with E-state index >= 15 is 0 Å². The van der Waals surface area contributed by atoms with E-state index in [1.807, 2.05) is 0 Å². The standard InChI is InChI=1S/C21H22F3NO7S/c1-29-14-10-18(31-3)15(19(11-14)32-4)7-8-33(27,28)12-13-5-6-17(30-2)16(9-13)25-20(26)21(22,23)24/h5-11H,12H2,1-4H3,(H,25,26)/b8-7-. The number of rotatable bonds is 9. The number of nitrogens with one attached hydrogen (secondary N) is 1. The Bertz CT molecular complexity index is 1120. The molecule has 12 heteroatoms. The molecule has 0 fully saturated rings. The summed E-state index contributed by atoms with van der Waals surface area (Å²) in [4.78, 5) is 11.3. The Kier molecular flexibility index (Phi) is 8.20. The number of amides is 1. The summed E-state index contributed by atoms with van der Waals surface area (Å²) in [6.45, 7) is 0. The Balaban J connectivity index is 2.34. The first kappa shape index (κ1) is 25.8. The highest BCUT2D eigenvalue weighted by atomic mass is 32.2. The summed E-state index contributed by atoms with van der Waals surface area (Å²) in [7, 11) is 1.56. The summed E-state index contributed by atoms with van der Waals surface area (Å²) in [6, 6.07) is 6.82. The first-order valence-corrected chi connectivity index (χ1v) is 10.9. The van der Waals surface area contributed by atoms with E-state index in [-0.39, 0.29) is 17.0 Å². The van der Waals surface area contributed by atoms with E-state index in [1.54, 1.807) is 17.4 Å². The molecule has 33 heavy (non-hydrogen) atoms. The van der Waals surface area contributed by atoms with Gasteiger partial charge >= 0.3 is 12.1 Å². The third-order valence-corrected chi connectivity index (χ3v) is 5.62. The Morgan fingerprint density at radius 2 is 1.52 bits per heavy atom. The lowest BCUT2D eigenvalue weighted by atomic mass is 10.1. The van der Waals surface area contributed by atoms with Gasteiger partial charge in [0.05, 0.1) is 45.4 Å². The zero-order valence-electron chi connectivity index (χ0n) is 18.1. The second kappa shape index (κ2) is 10.5. The molecule has 0 radical (unpaired) electrons. The van der Waals surface area contributed by atoms with Gasteiger partial charge in [-0.25, -0.2) is 8.42 Å². The Morgan fingerprint density at radius 3 is 2.00 bits per heavy atom. The minimum Gasteiger partial charge on any atom is -0.496 e. The Hall–Kier alpha value is -3.41. The van der Waals surface area contributed by atoms with E-state index in [9.17, 15) is 26.4 Å². The molecule has 0 aliphatic carbocycles. The molecule has 180 valence electrons. The number of halogens is 3. The minimum atomic E-state index is -5.12. The van der Waals surface area contributed by atoms with Crippen LogP contribution in [0.2, 0.25) is 0 Å². The zero-order chi connectivity index (χ0) is 24.8. The molecule has 2 aromatic carbocycles. The van der Waals surface area contributed by atoms with Gasteiger partial charge < -0.3 is 24.3 Å². The number of methoxy groups -OCH3 is 4. The van der Waals surface area contributed by atoms with Gasteiger partial charge in [0.25, 0.3) is 0 Å². The summed E-state index contributed by atoms with van der Waals surface area (Å²) in [5.74, 6) is -1.77. The average molecular weight is 489 g/mol. The second-order valence-electron chi connectivity index (χ2n) is 6.54. The first-order chi connectivity index (χ1) is 15.4. The quantitative estimate of drug-likeness (QED) is 0.572. The molecule has 1 N–H and O–H groups in total. The van der Waals surface area contributed by atoms with Crippen molar-refractivity contribution in [3.63, 3.8) is 0 Å². The summed E-state index contributed by atoms with van der Waals surface area (Å²) < 4.78 is 83.7. The Morgan fingerprint density at radius 1 is 0.939 bits per heavy atom. The van der Waals surface area contributed by atoms with Crippen LogP contribution in [0.1, 0.15) is 11.1 Å². The molecule has 1 amide bonds. The maximum atomic E-state index is 12.7. The fraction of sp³-hybridized carbons (Fsp3) is 0.286. The smallest absolute Gasteiger partial charge is 0.471 e. The third kappa shape index (κ3) is 6.78. The van der Waals surface area contributed by atoms with Crippen LogP contribution in [-0.2, 0) is 20.4 Å². The number of carbonyl (C=O) groups is 1. The molecule has 0 aliphatic rings. The van der Waals surface area contributed by atoms with Crippen LogP contribution in [0.5, 0.6) is 23.0 Å². The van der Waals surface area contributed by atoms with Crippen LogP contribution >= 0.6 is 0 Å².